The Morgan fingerprint density at radius 3 is 2.61 bits per heavy atom. The van der Waals surface area contributed by atoms with Gasteiger partial charge >= 0.3 is 0 Å². The zero-order valence-electron chi connectivity index (χ0n) is 14.3. The topological polar surface area (TPSA) is 102 Å². The molecule has 0 bridgehead atoms. The van der Waals surface area contributed by atoms with E-state index in [9.17, 15) is 14.4 Å². The highest BCUT2D eigenvalue weighted by Gasteiger charge is 2.34. The molecule has 9 heteroatoms. The van der Waals surface area contributed by atoms with Crippen LogP contribution in [0, 0.1) is 0 Å². The molecule has 28 heavy (non-hydrogen) atoms. The summed E-state index contributed by atoms with van der Waals surface area (Å²) in [5.74, 6) is -1.54. The number of primary amides is 1. The quantitative estimate of drug-likeness (QED) is 0.405. The molecule has 0 aromatic heterocycles. The number of amides is 3. The Morgan fingerprint density at radius 2 is 1.93 bits per heavy atom. The number of hydrogen-bond donors (Lipinski definition) is 2. The second-order valence-electron chi connectivity index (χ2n) is 5.73. The fourth-order valence-electron chi connectivity index (χ4n) is 2.54. The molecule has 1 fully saturated rings. The van der Waals surface area contributed by atoms with E-state index >= 15 is 0 Å². The maximum Gasteiger partial charge on any atom is 0.270 e. The average molecular weight is 460 g/mol. The van der Waals surface area contributed by atoms with Crippen molar-refractivity contribution in [1.82, 2.24) is 5.32 Å². The Hall–Kier alpha value is -3.04. The minimum atomic E-state index is -0.645. The Labute approximate surface area is 174 Å². The lowest BCUT2D eigenvalue weighted by Gasteiger charge is -2.29. The minimum absolute atomic E-state index is 0.00204. The van der Waals surface area contributed by atoms with Gasteiger partial charge in [-0.05, 0) is 48.6 Å². The summed E-state index contributed by atoms with van der Waals surface area (Å²) in [6, 6.07) is 13.7. The number of thiocarbonyl (C=S) groups is 1. The van der Waals surface area contributed by atoms with Crippen molar-refractivity contribution in [2.45, 2.75) is 0 Å². The third kappa shape index (κ3) is 4.26. The van der Waals surface area contributed by atoms with E-state index in [-0.39, 0.29) is 17.3 Å². The highest BCUT2D eigenvalue weighted by molar-refractivity contribution is 9.10. The van der Waals surface area contributed by atoms with E-state index in [1.165, 1.54) is 11.0 Å². The predicted molar refractivity (Wildman–Crippen MR) is 111 cm³/mol. The van der Waals surface area contributed by atoms with Crippen molar-refractivity contribution in [3.63, 3.8) is 0 Å². The molecule has 0 aliphatic carbocycles. The van der Waals surface area contributed by atoms with Crippen LogP contribution in [0.5, 0.6) is 5.75 Å². The van der Waals surface area contributed by atoms with Crippen LogP contribution in [-0.4, -0.2) is 29.4 Å². The van der Waals surface area contributed by atoms with Gasteiger partial charge < -0.3 is 10.5 Å². The largest absolute Gasteiger partial charge is 0.483 e. The molecule has 3 amide bonds. The van der Waals surface area contributed by atoms with Gasteiger partial charge in [0.1, 0.15) is 11.3 Å². The third-order valence-electron chi connectivity index (χ3n) is 3.76. The number of para-hydroxylation sites is 1. The molecule has 142 valence electrons. The smallest absolute Gasteiger partial charge is 0.270 e. The number of ether oxygens (including phenoxy) is 1. The molecule has 0 unspecified atom stereocenters. The second kappa shape index (κ2) is 8.32. The van der Waals surface area contributed by atoms with E-state index in [0.717, 1.165) is 0 Å². The molecule has 2 aromatic carbocycles. The van der Waals surface area contributed by atoms with Crippen molar-refractivity contribution in [3.05, 3.63) is 64.1 Å². The van der Waals surface area contributed by atoms with Crippen LogP contribution in [0.15, 0.2) is 58.6 Å². The number of hydrogen-bond acceptors (Lipinski definition) is 5. The van der Waals surface area contributed by atoms with Crippen LogP contribution < -0.4 is 20.7 Å². The van der Waals surface area contributed by atoms with Gasteiger partial charge in [0, 0.05) is 10.0 Å². The molecule has 1 saturated heterocycles. The summed E-state index contributed by atoms with van der Waals surface area (Å²) in [5.41, 5.74) is 5.95. The zero-order valence-corrected chi connectivity index (χ0v) is 16.7. The van der Waals surface area contributed by atoms with Crippen molar-refractivity contribution in [3.8, 4) is 5.75 Å². The van der Waals surface area contributed by atoms with Crippen molar-refractivity contribution in [2.75, 3.05) is 11.5 Å². The maximum absolute atomic E-state index is 13.0. The zero-order chi connectivity index (χ0) is 20.3. The highest BCUT2D eigenvalue weighted by atomic mass is 79.9. The monoisotopic (exact) mass is 459 g/mol. The first-order valence-corrected chi connectivity index (χ1v) is 9.24. The number of nitrogens with zero attached hydrogens (tertiary/aromatic N) is 1. The molecule has 1 aliphatic rings. The van der Waals surface area contributed by atoms with E-state index in [1.54, 1.807) is 48.5 Å². The SMILES string of the molecule is NC(=O)COc1ccc(Br)cc1/C=C1/C(=O)NC(=S)N(c2ccccc2)C1=O. The molecule has 0 radical (unpaired) electrons. The number of nitrogens with one attached hydrogen (secondary N) is 1. The van der Waals surface area contributed by atoms with E-state index < -0.39 is 17.7 Å². The van der Waals surface area contributed by atoms with Gasteiger partial charge in [-0.15, -0.1) is 0 Å². The molecule has 0 spiro atoms. The number of carbonyl (C=O) groups is 3. The predicted octanol–water partition coefficient (Wildman–Crippen LogP) is 2.14. The number of benzene rings is 2. The Kier molecular flexibility index (Phi) is 5.86. The molecule has 0 saturated carbocycles. The Morgan fingerprint density at radius 1 is 1.21 bits per heavy atom. The first-order valence-electron chi connectivity index (χ1n) is 8.04. The molecule has 1 aliphatic heterocycles. The number of anilines is 1. The van der Waals surface area contributed by atoms with E-state index in [1.807, 2.05) is 0 Å². The van der Waals surface area contributed by atoms with E-state index in [4.69, 9.17) is 22.7 Å². The van der Waals surface area contributed by atoms with Gasteiger partial charge in [0.15, 0.2) is 11.7 Å². The van der Waals surface area contributed by atoms with Crippen molar-refractivity contribution in [2.24, 2.45) is 5.73 Å². The highest BCUT2D eigenvalue weighted by Crippen LogP contribution is 2.28. The molecule has 2 aromatic rings. The normalized spacial score (nSPS) is 15.5. The lowest BCUT2D eigenvalue weighted by atomic mass is 10.1. The standard InChI is InChI=1S/C19H14BrN3O4S/c20-12-6-7-15(27-10-16(21)24)11(8-12)9-14-17(25)22-19(28)23(18(14)26)13-4-2-1-3-5-13/h1-9H,10H2,(H2,21,24)(H,22,25,28)/b14-9-. The van der Waals surface area contributed by atoms with Crippen LogP contribution in [-0.2, 0) is 14.4 Å². The molecule has 0 atom stereocenters. The minimum Gasteiger partial charge on any atom is -0.483 e. The molecule has 7 nitrogen and oxygen atoms in total. The van der Waals surface area contributed by atoms with Crippen LogP contribution in [0.2, 0.25) is 0 Å². The van der Waals surface area contributed by atoms with Crippen molar-refractivity contribution < 1.29 is 19.1 Å². The van der Waals surface area contributed by atoms with Crippen molar-refractivity contribution >= 4 is 62.7 Å². The van der Waals surface area contributed by atoms with Gasteiger partial charge in [-0.25, -0.2) is 0 Å². The third-order valence-corrected chi connectivity index (χ3v) is 4.54. The van der Waals surface area contributed by atoms with Crippen LogP contribution in [0.4, 0.5) is 5.69 Å². The summed E-state index contributed by atoms with van der Waals surface area (Å²) in [5, 5.41) is 2.51. The van der Waals surface area contributed by atoms with Crippen LogP contribution >= 0.6 is 28.1 Å². The molecule has 3 rings (SSSR count). The van der Waals surface area contributed by atoms with Crippen LogP contribution in [0.25, 0.3) is 6.08 Å². The summed E-state index contributed by atoms with van der Waals surface area (Å²) in [4.78, 5) is 37.7. The molecular weight excluding hydrogens is 446 g/mol. The van der Waals surface area contributed by atoms with Gasteiger partial charge in [-0.2, -0.15) is 0 Å². The van der Waals surface area contributed by atoms with Gasteiger partial charge in [-0.3, -0.25) is 24.6 Å². The molecule has 3 N–H and O–H groups in total. The summed E-state index contributed by atoms with van der Waals surface area (Å²) in [7, 11) is 0. The first kappa shape index (κ1) is 19.7. The molecule has 1 heterocycles. The van der Waals surface area contributed by atoms with Gasteiger partial charge in [-0.1, -0.05) is 34.1 Å². The fraction of sp³-hybridized carbons (Fsp3) is 0.0526. The van der Waals surface area contributed by atoms with Crippen molar-refractivity contribution in [1.29, 1.82) is 0 Å². The summed E-state index contributed by atoms with van der Waals surface area (Å²) in [6.45, 7) is -0.335. The van der Waals surface area contributed by atoms with E-state index in [2.05, 4.69) is 21.2 Å². The number of carbonyl (C=O) groups excluding carboxylic acids is 3. The van der Waals surface area contributed by atoms with Crippen LogP contribution in [0.1, 0.15) is 5.56 Å². The van der Waals surface area contributed by atoms with Gasteiger partial charge in [0.05, 0.1) is 5.69 Å². The lowest BCUT2D eigenvalue weighted by molar-refractivity contribution is -0.122. The number of rotatable bonds is 5. The van der Waals surface area contributed by atoms with E-state index in [0.29, 0.717) is 21.5 Å². The number of nitrogens with two attached hydrogens (primary N) is 1. The fourth-order valence-corrected chi connectivity index (χ4v) is 3.20. The average Bonchev–Trinajstić information content (AvgIpc) is 2.65. The maximum atomic E-state index is 13.0. The second-order valence-corrected chi connectivity index (χ2v) is 7.03. The summed E-state index contributed by atoms with van der Waals surface area (Å²) in [6.07, 6.45) is 1.39. The summed E-state index contributed by atoms with van der Waals surface area (Å²) >= 11 is 8.50. The Bertz CT molecular complexity index is 1010. The van der Waals surface area contributed by atoms with Gasteiger partial charge in [0.2, 0.25) is 0 Å². The van der Waals surface area contributed by atoms with Crippen LogP contribution in [0.3, 0.4) is 0 Å². The van der Waals surface area contributed by atoms with Gasteiger partial charge in [0.25, 0.3) is 17.7 Å². The first-order chi connectivity index (χ1) is 13.4. The number of halogens is 1. The molecular formula is C19H14BrN3O4S. The lowest BCUT2D eigenvalue weighted by Crippen LogP contribution is -2.54. The Balaban J connectivity index is 2.02. The summed E-state index contributed by atoms with van der Waals surface area (Å²) < 4.78 is 6.07.